The molecule has 1 aliphatic heterocycles. The largest absolute Gasteiger partial charge is 0.271 e. The molecule has 5 heteroatoms. The van der Waals surface area contributed by atoms with Gasteiger partial charge in [0.1, 0.15) is 0 Å². The number of anilines is 1. The Hall–Kier alpha value is -2.37. The van der Waals surface area contributed by atoms with Gasteiger partial charge in [0.15, 0.2) is 0 Å². The van der Waals surface area contributed by atoms with Crippen LogP contribution in [0.5, 0.6) is 0 Å². The molecule has 102 valence electrons. The van der Waals surface area contributed by atoms with Gasteiger partial charge >= 0.3 is 0 Å². The number of hydrogen-bond donors (Lipinski definition) is 2. The lowest BCUT2D eigenvalue weighted by Gasteiger charge is -2.27. The van der Waals surface area contributed by atoms with E-state index in [0.717, 1.165) is 11.3 Å². The van der Waals surface area contributed by atoms with Gasteiger partial charge in [-0.25, -0.2) is 0 Å². The Morgan fingerprint density at radius 2 is 1.60 bits per heavy atom. The van der Waals surface area contributed by atoms with Crippen molar-refractivity contribution in [3.8, 4) is 0 Å². The maximum atomic E-state index is 12.5. The molecule has 2 aromatic carbocycles. The van der Waals surface area contributed by atoms with Crippen molar-refractivity contribution in [3.05, 3.63) is 66.2 Å². The Morgan fingerprint density at radius 1 is 1.00 bits per heavy atom. The minimum Gasteiger partial charge on any atom is -0.271 e. The van der Waals surface area contributed by atoms with Crippen molar-refractivity contribution in [3.63, 3.8) is 0 Å². The highest BCUT2D eigenvalue weighted by Crippen LogP contribution is 2.30. The number of hydrogen-bond acceptors (Lipinski definition) is 4. The first-order chi connectivity index (χ1) is 9.81. The van der Waals surface area contributed by atoms with E-state index in [9.17, 15) is 4.79 Å². The van der Waals surface area contributed by atoms with Crippen molar-refractivity contribution in [2.45, 2.75) is 5.92 Å². The molecular formula is C15H16N4O. The number of benzene rings is 2. The first-order valence-corrected chi connectivity index (χ1v) is 6.49. The molecule has 0 aromatic heterocycles. The second kappa shape index (κ2) is 5.32. The third-order valence-electron chi connectivity index (χ3n) is 3.48. The van der Waals surface area contributed by atoms with Gasteiger partial charge in [-0.05, 0) is 17.7 Å². The van der Waals surface area contributed by atoms with Crippen LogP contribution in [-0.2, 0) is 4.79 Å². The van der Waals surface area contributed by atoms with Crippen molar-refractivity contribution in [2.24, 2.45) is 5.84 Å². The van der Waals surface area contributed by atoms with Crippen LogP contribution in [0.2, 0.25) is 0 Å². The van der Waals surface area contributed by atoms with E-state index in [0.29, 0.717) is 6.54 Å². The number of rotatable bonds is 3. The summed E-state index contributed by atoms with van der Waals surface area (Å²) in [5, 5.41) is 3.22. The van der Waals surface area contributed by atoms with Crippen LogP contribution in [0, 0.1) is 0 Å². The quantitative estimate of drug-likeness (QED) is 0.652. The molecule has 1 aliphatic rings. The zero-order valence-electron chi connectivity index (χ0n) is 10.9. The summed E-state index contributed by atoms with van der Waals surface area (Å²) in [5.74, 6) is 5.24. The van der Waals surface area contributed by atoms with E-state index in [-0.39, 0.29) is 11.8 Å². The van der Waals surface area contributed by atoms with Crippen LogP contribution in [0.3, 0.4) is 0 Å². The molecule has 0 spiro atoms. The van der Waals surface area contributed by atoms with Crippen LogP contribution in [0.25, 0.3) is 0 Å². The van der Waals surface area contributed by atoms with Crippen LogP contribution in [0.4, 0.5) is 5.69 Å². The summed E-state index contributed by atoms with van der Waals surface area (Å²) in [5.41, 5.74) is 4.40. The number of hydrazine groups is 3. The van der Waals surface area contributed by atoms with E-state index in [1.165, 1.54) is 5.12 Å². The first-order valence-electron chi connectivity index (χ1n) is 6.49. The van der Waals surface area contributed by atoms with Gasteiger partial charge in [0.25, 0.3) is 5.91 Å². The lowest BCUT2D eigenvalue weighted by molar-refractivity contribution is -0.132. The molecular weight excluding hydrogens is 252 g/mol. The maximum absolute atomic E-state index is 12.5. The SMILES string of the molecule is NNN1C(=O)C(c2ccccc2)CN1c1ccccc1. The van der Waals surface area contributed by atoms with Crippen LogP contribution in [0.1, 0.15) is 11.5 Å². The molecule has 1 heterocycles. The molecule has 0 aliphatic carbocycles. The molecule has 1 unspecified atom stereocenters. The number of nitrogens with two attached hydrogens (primary N) is 1. The van der Waals surface area contributed by atoms with Crippen molar-refractivity contribution in [1.29, 1.82) is 0 Å². The van der Waals surface area contributed by atoms with Gasteiger partial charge in [0.05, 0.1) is 18.2 Å². The maximum Gasteiger partial charge on any atom is 0.266 e. The summed E-state index contributed by atoms with van der Waals surface area (Å²) in [7, 11) is 0. The number of nitrogens with one attached hydrogen (secondary N) is 1. The van der Waals surface area contributed by atoms with Crippen LogP contribution in [0.15, 0.2) is 60.7 Å². The average Bonchev–Trinajstić information content (AvgIpc) is 2.86. The van der Waals surface area contributed by atoms with E-state index >= 15 is 0 Å². The molecule has 1 atom stereocenters. The summed E-state index contributed by atoms with van der Waals surface area (Å²) in [6.07, 6.45) is 0. The molecule has 3 rings (SSSR count). The molecule has 0 saturated carbocycles. The van der Waals surface area contributed by atoms with E-state index < -0.39 is 0 Å². The van der Waals surface area contributed by atoms with Gasteiger partial charge in [0, 0.05) is 0 Å². The van der Waals surface area contributed by atoms with Gasteiger partial charge in [0.2, 0.25) is 0 Å². The Balaban J connectivity index is 1.93. The highest BCUT2D eigenvalue weighted by Gasteiger charge is 2.39. The zero-order chi connectivity index (χ0) is 13.9. The summed E-state index contributed by atoms with van der Waals surface area (Å²) >= 11 is 0. The number of nitrogens with zero attached hydrogens (tertiary/aromatic N) is 2. The molecule has 1 saturated heterocycles. The lowest BCUT2D eigenvalue weighted by atomic mass is 9.99. The van der Waals surface area contributed by atoms with E-state index in [2.05, 4.69) is 5.53 Å². The summed E-state index contributed by atoms with van der Waals surface area (Å²) < 4.78 is 0. The van der Waals surface area contributed by atoms with Crippen molar-refractivity contribution in [2.75, 3.05) is 11.6 Å². The molecule has 5 nitrogen and oxygen atoms in total. The van der Waals surface area contributed by atoms with Gasteiger partial charge in [-0.2, -0.15) is 5.12 Å². The zero-order valence-corrected chi connectivity index (χ0v) is 10.9. The molecule has 1 amide bonds. The van der Waals surface area contributed by atoms with Crippen molar-refractivity contribution in [1.82, 2.24) is 10.7 Å². The number of para-hydroxylation sites is 1. The fraction of sp³-hybridized carbons (Fsp3) is 0.133. The highest BCUT2D eigenvalue weighted by atomic mass is 16.2. The predicted octanol–water partition coefficient (Wildman–Crippen LogP) is 1.41. The van der Waals surface area contributed by atoms with Crippen LogP contribution in [-0.4, -0.2) is 17.6 Å². The molecule has 0 radical (unpaired) electrons. The minimum atomic E-state index is -0.215. The van der Waals surface area contributed by atoms with E-state index in [1.54, 1.807) is 0 Å². The highest BCUT2D eigenvalue weighted by molar-refractivity contribution is 5.88. The van der Waals surface area contributed by atoms with Crippen LogP contribution < -0.4 is 16.4 Å². The Morgan fingerprint density at radius 3 is 2.20 bits per heavy atom. The average molecular weight is 268 g/mol. The van der Waals surface area contributed by atoms with Crippen molar-refractivity contribution < 1.29 is 4.79 Å². The number of carbonyl (C=O) groups is 1. The number of amides is 1. The standard InChI is InChI=1S/C15H16N4O/c16-17-19-15(20)14(12-7-3-1-4-8-12)11-18(19)13-9-5-2-6-10-13/h1-10,14,17H,11,16H2. The number of carbonyl (C=O) groups excluding carboxylic acids is 1. The Kier molecular flexibility index (Phi) is 3.37. The smallest absolute Gasteiger partial charge is 0.266 e. The normalized spacial score (nSPS) is 18.6. The summed E-state index contributed by atoms with van der Waals surface area (Å²) in [4.78, 5) is 12.5. The third kappa shape index (κ3) is 2.13. The molecule has 3 N–H and O–H groups in total. The second-order valence-corrected chi connectivity index (χ2v) is 4.66. The molecule has 0 bridgehead atoms. The Labute approximate surface area is 117 Å². The fourth-order valence-electron chi connectivity index (χ4n) is 2.49. The van der Waals surface area contributed by atoms with Gasteiger partial charge in [-0.3, -0.25) is 15.6 Å². The molecule has 1 fully saturated rings. The topological polar surface area (TPSA) is 61.6 Å². The Bertz CT molecular complexity index is 587. The van der Waals surface area contributed by atoms with Crippen LogP contribution >= 0.6 is 0 Å². The molecule has 20 heavy (non-hydrogen) atoms. The molecule has 2 aromatic rings. The van der Waals surface area contributed by atoms with Gasteiger partial charge in [-0.15, -0.1) is 5.53 Å². The first kappa shape index (κ1) is 12.7. The minimum absolute atomic E-state index is 0.0532. The van der Waals surface area contributed by atoms with Crippen molar-refractivity contribution >= 4 is 11.6 Å². The fourth-order valence-corrected chi connectivity index (χ4v) is 2.49. The van der Waals surface area contributed by atoms with Gasteiger partial charge < -0.3 is 0 Å². The third-order valence-corrected chi connectivity index (χ3v) is 3.48. The second-order valence-electron chi connectivity index (χ2n) is 4.66. The summed E-state index contributed by atoms with van der Waals surface area (Å²) in [6, 6.07) is 19.5. The summed E-state index contributed by atoms with van der Waals surface area (Å²) in [6.45, 7) is 0.567. The van der Waals surface area contributed by atoms with E-state index in [1.807, 2.05) is 65.7 Å². The van der Waals surface area contributed by atoms with Gasteiger partial charge in [-0.1, -0.05) is 48.5 Å². The predicted molar refractivity (Wildman–Crippen MR) is 77.1 cm³/mol. The monoisotopic (exact) mass is 268 g/mol. The lowest BCUT2D eigenvalue weighted by Crippen LogP contribution is -2.52. The van der Waals surface area contributed by atoms with E-state index in [4.69, 9.17) is 5.84 Å².